The fourth-order valence-electron chi connectivity index (χ4n) is 3.05. The van der Waals surface area contributed by atoms with Gasteiger partial charge < -0.3 is 4.74 Å². The highest BCUT2D eigenvalue weighted by molar-refractivity contribution is 9.10. The molecule has 3 atom stereocenters. The van der Waals surface area contributed by atoms with Crippen LogP contribution in [0.4, 0.5) is 4.79 Å². The van der Waals surface area contributed by atoms with Crippen molar-refractivity contribution in [3.8, 4) is 0 Å². The molecule has 25 heavy (non-hydrogen) atoms. The smallest absolute Gasteiger partial charge is 0.417 e. The van der Waals surface area contributed by atoms with Gasteiger partial charge in [0.1, 0.15) is 12.6 Å². The maximum absolute atomic E-state index is 12.9. The zero-order valence-electron chi connectivity index (χ0n) is 14.0. The molecule has 1 fully saturated rings. The largest absolute Gasteiger partial charge is 0.446 e. The first-order valence-corrected chi connectivity index (χ1v) is 9.22. The van der Waals surface area contributed by atoms with Gasteiger partial charge in [-0.2, -0.15) is 0 Å². The normalized spacial score (nSPS) is 19.4. The predicted molar refractivity (Wildman–Crippen MR) is 99.4 cm³/mol. The molecular weight excluding hydrogens is 382 g/mol. The molecule has 0 radical (unpaired) electrons. The molecular formula is C20H20BrNO3. The molecule has 0 N–H and O–H groups in total. The summed E-state index contributed by atoms with van der Waals surface area (Å²) in [5.41, 5.74) is 2.06. The van der Waals surface area contributed by atoms with E-state index in [2.05, 4.69) is 15.9 Å². The van der Waals surface area contributed by atoms with Gasteiger partial charge in [-0.25, -0.2) is 9.69 Å². The Morgan fingerprint density at radius 2 is 1.76 bits per heavy atom. The second-order valence-corrected chi connectivity index (χ2v) is 7.27. The van der Waals surface area contributed by atoms with Crippen LogP contribution in [0, 0.1) is 5.92 Å². The lowest BCUT2D eigenvalue weighted by molar-refractivity contribution is -0.129. The van der Waals surface area contributed by atoms with Crippen molar-refractivity contribution in [2.24, 2.45) is 5.92 Å². The van der Waals surface area contributed by atoms with Crippen molar-refractivity contribution in [1.82, 2.24) is 4.90 Å². The Labute approximate surface area is 155 Å². The Morgan fingerprint density at radius 3 is 2.40 bits per heavy atom. The van der Waals surface area contributed by atoms with Gasteiger partial charge in [0.05, 0.1) is 4.83 Å². The van der Waals surface area contributed by atoms with E-state index in [0.29, 0.717) is 0 Å². The van der Waals surface area contributed by atoms with Crippen LogP contribution in [0.5, 0.6) is 0 Å². The van der Waals surface area contributed by atoms with Crippen LogP contribution < -0.4 is 0 Å². The molecule has 5 heteroatoms. The maximum Gasteiger partial charge on any atom is 0.417 e. The van der Waals surface area contributed by atoms with Gasteiger partial charge >= 0.3 is 6.09 Å². The van der Waals surface area contributed by atoms with Crippen molar-refractivity contribution < 1.29 is 14.3 Å². The maximum atomic E-state index is 12.9. The fourth-order valence-corrected chi connectivity index (χ4v) is 3.46. The lowest BCUT2D eigenvalue weighted by Gasteiger charge is -2.25. The van der Waals surface area contributed by atoms with Crippen molar-refractivity contribution in [2.75, 3.05) is 6.61 Å². The first-order valence-electron chi connectivity index (χ1n) is 8.30. The van der Waals surface area contributed by atoms with E-state index in [1.165, 1.54) is 4.90 Å². The molecule has 2 aromatic rings. The number of nitrogens with zero attached hydrogens (tertiary/aromatic N) is 1. The molecule has 1 heterocycles. The highest BCUT2D eigenvalue weighted by atomic mass is 79.9. The van der Waals surface area contributed by atoms with E-state index in [0.717, 1.165) is 17.5 Å². The zero-order valence-corrected chi connectivity index (χ0v) is 15.6. The van der Waals surface area contributed by atoms with E-state index in [9.17, 15) is 9.59 Å². The molecule has 4 nitrogen and oxygen atoms in total. The van der Waals surface area contributed by atoms with Crippen LogP contribution in [0.25, 0.3) is 0 Å². The number of hydrogen-bond donors (Lipinski definition) is 0. The molecule has 2 amide bonds. The third-order valence-corrected chi connectivity index (χ3v) is 5.72. The molecule has 1 aliphatic heterocycles. The minimum absolute atomic E-state index is 0.0414. The van der Waals surface area contributed by atoms with Crippen molar-refractivity contribution in [2.45, 2.75) is 24.2 Å². The summed E-state index contributed by atoms with van der Waals surface area (Å²) in [7, 11) is 0. The molecule has 0 unspecified atom stereocenters. The van der Waals surface area contributed by atoms with Crippen LogP contribution in [0.2, 0.25) is 0 Å². The molecule has 0 saturated carbocycles. The summed E-state index contributed by atoms with van der Waals surface area (Å²) < 4.78 is 5.15. The number of halogens is 1. The number of hydrogen-bond acceptors (Lipinski definition) is 3. The zero-order chi connectivity index (χ0) is 17.8. The van der Waals surface area contributed by atoms with E-state index in [1.54, 1.807) is 0 Å². The van der Waals surface area contributed by atoms with Gasteiger partial charge in [-0.1, -0.05) is 83.5 Å². The van der Waals surface area contributed by atoms with E-state index in [4.69, 9.17) is 4.74 Å². The Balaban J connectivity index is 1.74. The number of carbonyl (C=O) groups excluding carboxylic acids is 2. The molecule has 0 bridgehead atoms. The summed E-state index contributed by atoms with van der Waals surface area (Å²) in [5, 5.41) is 0. The van der Waals surface area contributed by atoms with Gasteiger partial charge in [0, 0.05) is 0 Å². The molecule has 0 aromatic heterocycles. The van der Waals surface area contributed by atoms with Crippen LogP contribution in [-0.4, -0.2) is 28.3 Å². The van der Waals surface area contributed by atoms with Crippen LogP contribution in [-0.2, 0) is 16.0 Å². The summed E-state index contributed by atoms with van der Waals surface area (Å²) >= 11 is 3.50. The van der Waals surface area contributed by atoms with Crippen LogP contribution >= 0.6 is 15.9 Å². The number of alkyl halides is 1. The number of benzene rings is 2. The quantitative estimate of drug-likeness (QED) is 0.699. The Morgan fingerprint density at radius 1 is 1.16 bits per heavy atom. The van der Waals surface area contributed by atoms with Gasteiger partial charge in [0.25, 0.3) is 0 Å². The minimum atomic E-state index is -0.574. The van der Waals surface area contributed by atoms with Crippen molar-refractivity contribution >= 4 is 27.9 Å². The summed E-state index contributed by atoms with van der Waals surface area (Å²) in [4.78, 5) is 25.9. The number of ether oxygens (including phenoxy) is 1. The van der Waals surface area contributed by atoms with Gasteiger partial charge in [-0.05, 0) is 23.5 Å². The standard InChI is InChI=1S/C20H20BrNO3/c1-14(12-15-8-4-2-5-9-15)18(21)19(23)22-17(13-25-20(22)24)16-10-6-3-7-11-16/h2-11,14,17-18H,12-13H2,1H3/t14-,17+,18-/m1/s1. The fraction of sp³-hybridized carbons (Fsp3) is 0.300. The second kappa shape index (κ2) is 7.83. The summed E-state index contributed by atoms with van der Waals surface area (Å²) in [6.07, 6.45) is 0.178. The molecule has 2 aromatic carbocycles. The van der Waals surface area contributed by atoms with Gasteiger partial charge in [0.15, 0.2) is 0 Å². The van der Waals surface area contributed by atoms with Gasteiger partial charge in [-0.15, -0.1) is 0 Å². The van der Waals surface area contributed by atoms with Crippen molar-refractivity contribution in [1.29, 1.82) is 0 Å². The third-order valence-electron chi connectivity index (χ3n) is 4.43. The minimum Gasteiger partial charge on any atom is -0.446 e. The van der Waals surface area contributed by atoms with E-state index in [-0.39, 0.29) is 24.5 Å². The summed E-state index contributed by atoms with van der Waals surface area (Å²) in [6, 6.07) is 19.1. The van der Waals surface area contributed by atoms with Crippen molar-refractivity contribution in [3.05, 3.63) is 71.8 Å². The molecule has 130 valence electrons. The average Bonchev–Trinajstić information content (AvgIpc) is 3.03. The highest BCUT2D eigenvalue weighted by Gasteiger charge is 2.42. The number of amides is 2. The topological polar surface area (TPSA) is 46.6 Å². The Hall–Kier alpha value is -2.14. The number of cyclic esters (lactones) is 1. The first-order chi connectivity index (χ1) is 12.1. The summed E-state index contributed by atoms with van der Waals surface area (Å²) in [5.74, 6) is -0.209. The third kappa shape index (κ3) is 3.93. The van der Waals surface area contributed by atoms with E-state index in [1.807, 2.05) is 67.6 Å². The molecule has 1 saturated heterocycles. The first kappa shape index (κ1) is 17.7. The van der Waals surface area contributed by atoms with E-state index >= 15 is 0 Å². The lowest BCUT2D eigenvalue weighted by Crippen LogP contribution is -2.41. The number of carbonyl (C=O) groups is 2. The Bertz CT molecular complexity index is 735. The lowest BCUT2D eigenvalue weighted by atomic mass is 9.97. The predicted octanol–water partition coefficient (Wildman–Crippen LogP) is 4.35. The van der Waals surface area contributed by atoms with Gasteiger partial charge in [0.2, 0.25) is 5.91 Å². The molecule has 0 aliphatic carbocycles. The van der Waals surface area contributed by atoms with Crippen molar-refractivity contribution in [3.63, 3.8) is 0 Å². The number of imide groups is 1. The average molecular weight is 402 g/mol. The molecule has 3 rings (SSSR count). The number of rotatable bonds is 5. The summed E-state index contributed by atoms with van der Waals surface area (Å²) in [6.45, 7) is 2.20. The SMILES string of the molecule is C[C@H](Cc1ccccc1)[C@@H](Br)C(=O)N1C(=O)OC[C@H]1c1ccccc1. The van der Waals surface area contributed by atoms with Crippen LogP contribution in [0.3, 0.4) is 0 Å². The highest BCUT2D eigenvalue weighted by Crippen LogP contribution is 2.31. The monoisotopic (exact) mass is 401 g/mol. The molecule has 1 aliphatic rings. The van der Waals surface area contributed by atoms with Crippen LogP contribution in [0.1, 0.15) is 24.1 Å². The van der Waals surface area contributed by atoms with E-state index < -0.39 is 10.9 Å². The van der Waals surface area contributed by atoms with Crippen LogP contribution in [0.15, 0.2) is 60.7 Å². The molecule has 0 spiro atoms. The Kier molecular flexibility index (Phi) is 5.53. The second-order valence-electron chi connectivity index (χ2n) is 6.28. The van der Waals surface area contributed by atoms with Gasteiger partial charge in [-0.3, -0.25) is 4.79 Å².